The van der Waals surface area contributed by atoms with Gasteiger partial charge in [0.05, 0.1) is 31.8 Å². The van der Waals surface area contributed by atoms with Crippen LogP contribution in [0.25, 0.3) is 0 Å². The lowest BCUT2D eigenvalue weighted by molar-refractivity contribution is -0.166. The summed E-state index contributed by atoms with van der Waals surface area (Å²) in [4.78, 5) is 12.3. The van der Waals surface area contributed by atoms with Crippen molar-refractivity contribution >= 4 is 5.97 Å². The van der Waals surface area contributed by atoms with Gasteiger partial charge >= 0.3 is 5.97 Å². The van der Waals surface area contributed by atoms with Crippen molar-refractivity contribution < 1.29 is 19.4 Å². The van der Waals surface area contributed by atoms with E-state index in [1.54, 1.807) is 0 Å². The van der Waals surface area contributed by atoms with E-state index in [-0.39, 0.29) is 31.2 Å². The summed E-state index contributed by atoms with van der Waals surface area (Å²) in [5.74, 6) is 0.725. The first kappa shape index (κ1) is 16.4. The molecule has 19 heavy (non-hydrogen) atoms. The molecule has 1 fully saturated rings. The molecular weight excluding hydrogens is 244 g/mol. The number of carbonyl (C=O) groups is 1. The van der Waals surface area contributed by atoms with Crippen LogP contribution in [0, 0.1) is 23.7 Å². The highest BCUT2D eigenvalue weighted by atomic mass is 16.5. The Hall–Kier alpha value is -0.610. The highest BCUT2D eigenvalue weighted by Gasteiger charge is 2.44. The molecule has 1 N–H and O–H groups in total. The summed E-state index contributed by atoms with van der Waals surface area (Å²) in [5.41, 5.74) is 0. The van der Waals surface area contributed by atoms with Crippen molar-refractivity contribution in [2.45, 2.75) is 46.6 Å². The average molecular weight is 272 g/mol. The number of aliphatic hydroxyl groups is 1. The quantitative estimate of drug-likeness (QED) is 0.753. The Morgan fingerprint density at radius 3 is 2.58 bits per heavy atom. The minimum Gasteiger partial charge on any atom is -0.466 e. The van der Waals surface area contributed by atoms with Gasteiger partial charge in [-0.3, -0.25) is 4.79 Å². The highest BCUT2D eigenvalue weighted by Crippen LogP contribution is 2.40. The number of carbonyl (C=O) groups excluding carboxylic acids is 1. The van der Waals surface area contributed by atoms with Crippen molar-refractivity contribution in [3.8, 4) is 0 Å². The van der Waals surface area contributed by atoms with Gasteiger partial charge in [0.25, 0.3) is 0 Å². The van der Waals surface area contributed by atoms with E-state index in [1.165, 1.54) is 0 Å². The molecule has 112 valence electrons. The lowest BCUT2D eigenvalue weighted by Gasteiger charge is -2.42. The molecule has 1 rings (SSSR count). The Labute approximate surface area is 116 Å². The number of ether oxygens (including phenoxy) is 2. The second-order valence-corrected chi connectivity index (χ2v) is 5.80. The van der Waals surface area contributed by atoms with Crippen LogP contribution in [0.4, 0.5) is 0 Å². The lowest BCUT2D eigenvalue weighted by atomic mass is 9.68. The normalized spacial score (nSPS) is 31.5. The van der Waals surface area contributed by atoms with Crippen LogP contribution in [-0.2, 0) is 14.3 Å². The molecule has 4 heteroatoms. The van der Waals surface area contributed by atoms with Crippen LogP contribution in [0.1, 0.15) is 40.5 Å². The first-order chi connectivity index (χ1) is 9.02. The Balaban J connectivity index is 2.88. The predicted molar refractivity (Wildman–Crippen MR) is 73.7 cm³/mol. The minimum atomic E-state index is -0.199. The summed E-state index contributed by atoms with van der Waals surface area (Å²) < 4.78 is 11.0. The molecule has 4 atom stereocenters. The molecule has 0 bridgehead atoms. The number of esters is 1. The molecule has 0 spiro atoms. The molecule has 0 aromatic rings. The molecule has 0 aromatic carbocycles. The molecule has 4 unspecified atom stereocenters. The van der Waals surface area contributed by atoms with Crippen LogP contribution in [0.15, 0.2) is 0 Å². The first-order valence-electron chi connectivity index (χ1n) is 7.42. The summed E-state index contributed by atoms with van der Waals surface area (Å²) in [6, 6.07) is 0. The van der Waals surface area contributed by atoms with Gasteiger partial charge in [-0.15, -0.1) is 0 Å². The summed E-state index contributed by atoms with van der Waals surface area (Å²) in [5, 5.41) is 8.95. The molecule has 0 aromatic heterocycles. The van der Waals surface area contributed by atoms with Crippen LogP contribution in [0.3, 0.4) is 0 Å². The van der Waals surface area contributed by atoms with Gasteiger partial charge < -0.3 is 14.6 Å². The van der Waals surface area contributed by atoms with Crippen LogP contribution >= 0.6 is 0 Å². The molecule has 0 radical (unpaired) electrons. The van der Waals surface area contributed by atoms with Crippen LogP contribution in [-0.4, -0.2) is 37.0 Å². The fraction of sp³-hybridized carbons (Fsp3) is 0.933. The minimum absolute atomic E-state index is 0.00882. The van der Waals surface area contributed by atoms with E-state index in [1.807, 2.05) is 6.92 Å². The van der Waals surface area contributed by atoms with E-state index in [4.69, 9.17) is 14.6 Å². The molecular formula is C15H28O4. The lowest BCUT2D eigenvalue weighted by Crippen LogP contribution is -2.46. The van der Waals surface area contributed by atoms with Crippen molar-refractivity contribution in [2.75, 3.05) is 19.8 Å². The fourth-order valence-electron chi connectivity index (χ4n) is 3.15. The van der Waals surface area contributed by atoms with Crippen molar-refractivity contribution in [1.29, 1.82) is 0 Å². The van der Waals surface area contributed by atoms with E-state index in [0.29, 0.717) is 24.4 Å². The molecule has 0 saturated heterocycles. The van der Waals surface area contributed by atoms with Crippen LogP contribution in [0.2, 0.25) is 0 Å². The SMILES string of the molecule is CCOC(=O)C1C(C(C)C)CCC(C)C1OCCO. The summed E-state index contributed by atoms with van der Waals surface area (Å²) in [6.07, 6.45) is 1.98. The number of hydrogen-bond acceptors (Lipinski definition) is 4. The van der Waals surface area contributed by atoms with E-state index in [2.05, 4.69) is 20.8 Å². The largest absolute Gasteiger partial charge is 0.466 e. The smallest absolute Gasteiger partial charge is 0.311 e. The molecule has 1 aliphatic carbocycles. The summed E-state index contributed by atoms with van der Waals surface area (Å²) in [7, 11) is 0. The zero-order valence-corrected chi connectivity index (χ0v) is 12.6. The Bertz CT molecular complexity index is 277. The van der Waals surface area contributed by atoms with Crippen LogP contribution in [0.5, 0.6) is 0 Å². The van der Waals surface area contributed by atoms with Gasteiger partial charge in [0.2, 0.25) is 0 Å². The number of aliphatic hydroxyl groups excluding tert-OH is 1. The maximum Gasteiger partial charge on any atom is 0.311 e. The third-order valence-corrected chi connectivity index (χ3v) is 4.15. The number of rotatable bonds is 6. The molecule has 4 nitrogen and oxygen atoms in total. The van der Waals surface area contributed by atoms with Gasteiger partial charge in [-0.05, 0) is 37.5 Å². The first-order valence-corrected chi connectivity index (χ1v) is 7.42. The standard InChI is InChI=1S/C15H28O4/c1-5-18-15(17)13-12(10(2)3)7-6-11(4)14(13)19-9-8-16/h10-14,16H,5-9H2,1-4H3. The van der Waals surface area contributed by atoms with Gasteiger partial charge in [-0.1, -0.05) is 20.8 Å². The number of hydrogen-bond donors (Lipinski definition) is 1. The van der Waals surface area contributed by atoms with Gasteiger partial charge in [0, 0.05) is 0 Å². The van der Waals surface area contributed by atoms with Crippen LogP contribution < -0.4 is 0 Å². The van der Waals surface area contributed by atoms with Crippen molar-refractivity contribution in [2.24, 2.45) is 23.7 Å². The average Bonchev–Trinajstić information content (AvgIpc) is 2.36. The molecule has 0 amide bonds. The Morgan fingerprint density at radius 1 is 1.37 bits per heavy atom. The van der Waals surface area contributed by atoms with Crippen molar-refractivity contribution in [3.05, 3.63) is 0 Å². The third kappa shape index (κ3) is 4.18. The van der Waals surface area contributed by atoms with E-state index >= 15 is 0 Å². The zero-order valence-electron chi connectivity index (χ0n) is 12.6. The Kier molecular flexibility index (Phi) is 6.80. The maximum atomic E-state index is 12.3. The third-order valence-electron chi connectivity index (χ3n) is 4.15. The van der Waals surface area contributed by atoms with Gasteiger partial charge in [-0.2, -0.15) is 0 Å². The van der Waals surface area contributed by atoms with Gasteiger partial charge in [0.15, 0.2) is 0 Å². The maximum absolute atomic E-state index is 12.3. The Morgan fingerprint density at radius 2 is 2.05 bits per heavy atom. The molecule has 1 saturated carbocycles. The van der Waals surface area contributed by atoms with E-state index < -0.39 is 0 Å². The summed E-state index contributed by atoms with van der Waals surface area (Å²) >= 11 is 0. The van der Waals surface area contributed by atoms with Crippen molar-refractivity contribution in [1.82, 2.24) is 0 Å². The van der Waals surface area contributed by atoms with Gasteiger partial charge in [0.1, 0.15) is 0 Å². The molecule has 1 aliphatic rings. The fourth-order valence-corrected chi connectivity index (χ4v) is 3.15. The predicted octanol–water partition coefficient (Wildman–Crippen LogP) is 2.25. The topological polar surface area (TPSA) is 55.8 Å². The molecule has 0 aliphatic heterocycles. The highest BCUT2D eigenvalue weighted by molar-refractivity contribution is 5.73. The monoisotopic (exact) mass is 272 g/mol. The summed E-state index contributed by atoms with van der Waals surface area (Å²) in [6.45, 7) is 8.93. The molecule has 0 heterocycles. The second-order valence-electron chi connectivity index (χ2n) is 5.80. The van der Waals surface area contributed by atoms with Gasteiger partial charge in [-0.25, -0.2) is 0 Å². The van der Waals surface area contributed by atoms with E-state index in [9.17, 15) is 4.79 Å². The van der Waals surface area contributed by atoms with E-state index in [0.717, 1.165) is 12.8 Å². The van der Waals surface area contributed by atoms with Crippen molar-refractivity contribution in [3.63, 3.8) is 0 Å². The second kappa shape index (κ2) is 7.85. The zero-order chi connectivity index (χ0) is 14.4.